The van der Waals surface area contributed by atoms with Crippen LogP contribution in [0.3, 0.4) is 0 Å². The minimum absolute atomic E-state index is 0. The summed E-state index contributed by atoms with van der Waals surface area (Å²) >= 11 is 6.24. The normalized spacial score (nSPS) is 20.6. The summed E-state index contributed by atoms with van der Waals surface area (Å²) in [6.07, 6.45) is 6.26. The lowest BCUT2D eigenvalue weighted by Crippen LogP contribution is -2.18. The molecular formula is C22H26Cl2N6. The Morgan fingerprint density at radius 2 is 1.80 bits per heavy atom. The lowest BCUT2D eigenvalue weighted by atomic mass is 9.79. The fourth-order valence-electron chi connectivity index (χ4n) is 4.76. The van der Waals surface area contributed by atoms with Crippen LogP contribution in [0.5, 0.6) is 0 Å². The number of aromatic nitrogens is 5. The van der Waals surface area contributed by atoms with E-state index in [-0.39, 0.29) is 12.4 Å². The van der Waals surface area contributed by atoms with Gasteiger partial charge in [0.15, 0.2) is 5.82 Å². The van der Waals surface area contributed by atoms with Crippen LogP contribution in [-0.2, 0) is 13.1 Å². The predicted molar refractivity (Wildman–Crippen MR) is 120 cm³/mol. The molecule has 2 aromatic heterocycles. The van der Waals surface area contributed by atoms with E-state index in [0.29, 0.717) is 18.4 Å². The van der Waals surface area contributed by atoms with Gasteiger partial charge in [0.1, 0.15) is 5.82 Å². The van der Waals surface area contributed by atoms with Crippen LogP contribution in [0.2, 0.25) is 5.02 Å². The number of aryl methyl sites for hydroxylation is 2. The summed E-state index contributed by atoms with van der Waals surface area (Å²) in [6, 6.07) is 6.09. The molecule has 1 aliphatic heterocycles. The van der Waals surface area contributed by atoms with Gasteiger partial charge in [0.05, 0.1) is 29.3 Å². The van der Waals surface area contributed by atoms with Crippen molar-refractivity contribution >= 4 is 24.0 Å². The fourth-order valence-corrected chi connectivity index (χ4v) is 4.96. The van der Waals surface area contributed by atoms with E-state index in [1.807, 2.05) is 25.3 Å². The minimum atomic E-state index is 0. The van der Waals surface area contributed by atoms with E-state index < -0.39 is 0 Å². The summed E-state index contributed by atoms with van der Waals surface area (Å²) < 4.78 is 2.26. The molecule has 1 saturated carbocycles. The molecule has 0 unspecified atom stereocenters. The van der Waals surface area contributed by atoms with Crippen molar-refractivity contribution in [3.63, 3.8) is 0 Å². The van der Waals surface area contributed by atoms with Crippen LogP contribution in [0.15, 0.2) is 24.4 Å². The molecule has 1 N–H and O–H groups in total. The molecule has 1 fully saturated rings. The molecule has 2 aliphatic rings. The van der Waals surface area contributed by atoms with Crippen molar-refractivity contribution in [2.24, 2.45) is 0 Å². The van der Waals surface area contributed by atoms with Gasteiger partial charge in [-0.25, -0.2) is 0 Å². The molecule has 0 bridgehead atoms. The maximum atomic E-state index is 6.24. The van der Waals surface area contributed by atoms with Gasteiger partial charge in [0.25, 0.3) is 0 Å². The van der Waals surface area contributed by atoms with Crippen LogP contribution < -0.4 is 5.32 Å². The Hall–Kier alpha value is -2.02. The van der Waals surface area contributed by atoms with Gasteiger partial charge in [0.2, 0.25) is 0 Å². The number of rotatable bonds is 2. The van der Waals surface area contributed by atoms with Gasteiger partial charge >= 0.3 is 0 Å². The van der Waals surface area contributed by atoms with Crippen LogP contribution in [0.25, 0.3) is 5.69 Å². The summed E-state index contributed by atoms with van der Waals surface area (Å²) in [5.41, 5.74) is 5.58. The highest BCUT2D eigenvalue weighted by Gasteiger charge is 2.30. The van der Waals surface area contributed by atoms with E-state index in [1.54, 1.807) is 0 Å². The predicted octanol–water partition coefficient (Wildman–Crippen LogP) is 4.79. The number of hydrogen-bond donors (Lipinski definition) is 1. The zero-order valence-corrected chi connectivity index (χ0v) is 18.8. The maximum Gasteiger partial charge on any atom is 0.151 e. The van der Waals surface area contributed by atoms with Crippen LogP contribution in [0.1, 0.15) is 71.8 Å². The molecule has 0 amide bonds. The molecule has 5 rings (SSSR count). The van der Waals surface area contributed by atoms with Gasteiger partial charge in [0, 0.05) is 29.6 Å². The Balaban J connectivity index is 0.00000218. The van der Waals surface area contributed by atoms with E-state index in [9.17, 15) is 0 Å². The summed E-state index contributed by atoms with van der Waals surface area (Å²) in [5, 5.41) is 13.3. The van der Waals surface area contributed by atoms with Crippen molar-refractivity contribution in [2.45, 2.75) is 64.5 Å². The first kappa shape index (κ1) is 21.2. The lowest BCUT2D eigenvalue weighted by molar-refractivity contribution is 0.375. The molecule has 0 spiro atoms. The molecule has 0 atom stereocenters. The Kier molecular flexibility index (Phi) is 6.09. The van der Waals surface area contributed by atoms with Gasteiger partial charge in [-0.15, -0.1) is 22.6 Å². The van der Waals surface area contributed by atoms with Gasteiger partial charge in [-0.1, -0.05) is 11.6 Å². The Morgan fingerprint density at radius 3 is 2.60 bits per heavy atom. The average Bonchev–Trinajstić information content (AvgIpc) is 3.05. The topological polar surface area (TPSA) is 68.5 Å². The maximum absolute atomic E-state index is 6.24. The second-order valence-electron chi connectivity index (χ2n) is 8.22. The van der Waals surface area contributed by atoms with Gasteiger partial charge in [-0.05, 0) is 63.3 Å². The number of nitrogens with one attached hydrogen (secondary N) is 1. The third kappa shape index (κ3) is 3.84. The molecule has 0 saturated heterocycles. The second-order valence-corrected chi connectivity index (χ2v) is 8.65. The van der Waals surface area contributed by atoms with Crippen LogP contribution in [0, 0.1) is 13.8 Å². The van der Waals surface area contributed by atoms with E-state index in [1.165, 1.54) is 11.3 Å². The van der Waals surface area contributed by atoms with Crippen molar-refractivity contribution < 1.29 is 0 Å². The number of halogens is 2. The molecule has 30 heavy (non-hydrogen) atoms. The molecule has 3 aromatic rings. The Morgan fingerprint density at radius 1 is 1.03 bits per heavy atom. The first-order chi connectivity index (χ1) is 14.1. The van der Waals surface area contributed by atoms with Gasteiger partial charge in [-0.2, -0.15) is 0 Å². The van der Waals surface area contributed by atoms with Crippen molar-refractivity contribution in [3.05, 3.63) is 63.7 Å². The minimum Gasteiger partial charge on any atom is -0.306 e. The molecule has 6 nitrogen and oxygen atoms in total. The van der Waals surface area contributed by atoms with Crippen molar-refractivity contribution in [1.82, 2.24) is 30.0 Å². The molecule has 0 radical (unpaired) electrons. The van der Waals surface area contributed by atoms with Crippen LogP contribution in [-0.4, -0.2) is 24.7 Å². The zero-order chi connectivity index (χ0) is 20.0. The Bertz CT molecular complexity index is 1060. The number of nitrogens with zero attached hydrogens (tertiary/aromatic N) is 5. The third-order valence-corrected chi connectivity index (χ3v) is 6.46. The third-order valence-electron chi connectivity index (χ3n) is 6.23. The van der Waals surface area contributed by atoms with Gasteiger partial charge < -0.3 is 5.32 Å². The highest BCUT2D eigenvalue weighted by Crippen LogP contribution is 2.41. The van der Waals surface area contributed by atoms with Crippen LogP contribution >= 0.6 is 24.0 Å². The summed E-state index contributed by atoms with van der Waals surface area (Å²) in [4.78, 5) is 9.30. The van der Waals surface area contributed by atoms with Crippen molar-refractivity contribution in [1.29, 1.82) is 0 Å². The quantitative estimate of drug-likeness (QED) is 0.614. The molecule has 3 heterocycles. The smallest absolute Gasteiger partial charge is 0.151 e. The molecule has 1 aromatic carbocycles. The molecule has 1 aliphatic carbocycles. The Labute approximate surface area is 187 Å². The second kappa shape index (κ2) is 8.61. The summed E-state index contributed by atoms with van der Waals surface area (Å²) in [7, 11) is 0. The summed E-state index contributed by atoms with van der Waals surface area (Å²) in [5.74, 6) is 2.95. The molecule has 8 heteroatoms. The van der Waals surface area contributed by atoms with E-state index >= 15 is 0 Å². The van der Waals surface area contributed by atoms with Crippen molar-refractivity contribution in [3.8, 4) is 5.69 Å². The largest absolute Gasteiger partial charge is 0.306 e. The lowest BCUT2D eigenvalue weighted by Gasteiger charge is -2.28. The fraction of sp³-hybridized carbons (Fsp3) is 0.455. The molecule has 158 valence electrons. The number of hydrogen-bond acceptors (Lipinski definition) is 5. The van der Waals surface area contributed by atoms with E-state index in [0.717, 1.165) is 66.0 Å². The van der Waals surface area contributed by atoms with E-state index in [2.05, 4.69) is 38.1 Å². The SMILES string of the molecule is Cc1cnc(C)c(C2CCC(c3nnc4n3-c3ccc(Cl)cc3CNC4)CC2)n1.Cl. The van der Waals surface area contributed by atoms with Crippen molar-refractivity contribution in [2.75, 3.05) is 0 Å². The monoisotopic (exact) mass is 444 g/mol. The number of fused-ring (bicyclic) bond motifs is 3. The number of benzene rings is 1. The molecular weight excluding hydrogens is 419 g/mol. The highest BCUT2D eigenvalue weighted by molar-refractivity contribution is 6.30. The zero-order valence-electron chi connectivity index (χ0n) is 17.2. The summed E-state index contributed by atoms with van der Waals surface area (Å²) in [6.45, 7) is 5.59. The first-order valence-electron chi connectivity index (χ1n) is 10.3. The van der Waals surface area contributed by atoms with Gasteiger partial charge in [-0.3, -0.25) is 14.5 Å². The standard InChI is InChI=1S/C22H25ClN6.ClH/c1-13-10-25-14(2)21(26-13)15-3-5-16(6-4-15)22-28-27-20-12-24-11-17-9-18(23)7-8-19(17)29(20)22;/h7-10,15-16,24H,3-6,11-12H2,1-2H3;1H. The van der Waals surface area contributed by atoms with Crippen LogP contribution in [0.4, 0.5) is 0 Å². The average molecular weight is 445 g/mol. The first-order valence-corrected chi connectivity index (χ1v) is 10.7. The van der Waals surface area contributed by atoms with E-state index in [4.69, 9.17) is 16.6 Å². The highest BCUT2D eigenvalue weighted by atomic mass is 35.5.